The Hall–Kier alpha value is -2.29. The van der Waals surface area contributed by atoms with Gasteiger partial charge in [-0.05, 0) is 55.0 Å². The normalized spacial score (nSPS) is 14.1. The number of guanidine groups is 1. The number of aryl methyl sites for hydroxylation is 1. The third-order valence-electron chi connectivity index (χ3n) is 5.53. The summed E-state index contributed by atoms with van der Waals surface area (Å²) >= 11 is 0. The first-order valence-electron chi connectivity index (χ1n) is 10.4. The number of fused-ring (bicyclic) bond motifs is 1. The van der Waals surface area contributed by atoms with Crippen molar-refractivity contribution in [2.24, 2.45) is 4.99 Å². The molecule has 0 unspecified atom stereocenters. The SMILES string of the molecule is CN=C(NCCc1c[nH]c2cc(C)ccc12)NCc1ccc(N2CCCC2)nc1.I. The van der Waals surface area contributed by atoms with Crippen molar-refractivity contribution in [1.29, 1.82) is 0 Å². The van der Waals surface area contributed by atoms with Crippen molar-refractivity contribution >= 4 is 46.7 Å². The fourth-order valence-corrected chi connectivity index (χ4v) is 3.88. The first kappa shape index (κ1) is 22.4. The molecule has 3 N–H and O–H groups in total. The molecular formula is C23H31IN6. The van der Waals surface area contributed by atoms with E-state index in [1.54, 1.807) is 7.05 Å². The zero-order valence-electron chi connectivity index (χ0n) is 17.7. The molecule has 0 spiro atoms. The van der Waals surface area contributed by atoms with Crippen LogP contribution in [0, 0.1) is 6.92 Å². The number of hydrogen-bond acceptors (Lipinski definition) is 3. The fraction of sp³-hybridized carbons (Fsp3) is 0.391. The average Bonchev–Trinajstić information content (AvgIpc) is 3.41. The molecule has 1 saturated heterocycles. The monoisotopic (exact) mass is 518 g/mol. The van der Waals surface area contributed by atoms with Gasteiger partial charge in [-0.3, -0.25) is 4.99 Å². The molecule has 0 atom stereocenters. The van der Waals surface area contributed by atoms with Gasteiger partial charge in [0.15, 0.2) is 5.96 Å². The largest absolute Gasteiger partial charge is 0.361 e. The van der Waals surface area contributed by atoms with Crippen LogP contribution in [0.1, 0.15) is 29.5 Å². The van der Waals surface area contributed by atoms with Crippen molar-refractivity contribution in [3.05, 3.63) is 59.4 Å². The van der Waals surface area contributed by atoms with E-state index in [1.807, 2.05) is 6.20 Å². The number of benzene rings is 1. The number of aromatic nitrogens is 2. The molecule has 1 aliphatic heterocycles. The maximum Gasteiger partial charge on any atom is 0.191 e. The van der Waals surface area contributed by atoms with Gasteiger partial charge in [0.25, 0.3) is 0 Å². The Morgan fingerprint density at radius 2 is 2.00 bits per heavy atom. The van der Waals surface area contributed by atoms with E-state index < -0.39 is 0 Å². The molecule has 160 valence electrons. The number of hydrogen-bond donors (Lipinski definition) is 3. The van der Waals surface area contributed by atoms with E-state index >= 15 is 0 Å². The Kier molecular flexibility index (Phi) is 7.95. The van der Waals surface area contributed by atoms with Crippen LogP contribution in [0.5, 0.6) is 0 Å². The van der Waals surface area contributed by atoms with Gasteiger partial charge < -0.3 is 20.5 Å². The lowest BCUT2D eigenvalue weighted by Gasteiger charge is -2.16. The van der Waals surface area contributed by atoms with Crippen LogP contribution in [0.2, 0.25) is 0 Å². The number of H-pyrrole nitrogens is 1. The summed E-state index contributed by atoms with van der Waals surface area (Å²) in [6.07, 6.45) is 7.55. The fourth-order valence-electron chi connectivity index (χ4n) is 3.88. The topological polar surface area (TPSA) is 68.3 Å². The van der Waals surface area contributed by atoms with Gasteiger partial charge in [-0.2, -0.15) is 0 Å². The number of nitrogens with zero attached hydrogens (tertiary/aromatic N) is 3. The van der Waals surface area contributed by atoms with Crippen molar-refractivity contribution in [2.45, 2.75) is 32.7 Å². The molecule has 7 heteroatoms. The molecule has 0 amide bonds. The molecule has 1 fully saturated rings. The van der Waals surface area contributed by atoms with Gasteiger partial charge in [0, 0.05) is 56.5 Å². The molecule has 0 radical (unpaired) electrons. The second-order valence-corrected chi connectivity index (χ2v) is 7.68. The zero-order valence-corrected chi connectivity index (χ0v) is 20.1. The first-order valence-corrected chi connectivity index (χ1v) is 10.4. The number of aliphatic imine (C=N–C) groups is 1. The molecule has 3 heterocycles. The number of aromatic amines is 1. The van der Waals surface area contributed by atoms with Crippen molar-refractivity contribution < 1.29 is 0 Å². The number of nitrogens with one attached hydrogen (secondary N) is 3. The second-order valence-electron chi connectivity index (χ2n) is 7.68. The molecule has 0 aliphatic carbocycles. The Morgan fingerprint density at radius 1 is 1.17 bits per heavy atom. The lowest BCUT2D eigenvalue weighted by Crippen LogP contribution is -2.37. The molecular weight excluding hydrogens is 487 g/mol. The van der Waals surface area contributed by atoms with Crippen LogP contribution in [0.3, 0.4) is 0 Å². The summed E-state index contributed by atoms with van der Waals surface area (Å²) in [7, 11) is 1.80. The number of pyridine rings is 1. The summed E-state index contributed by atoms with van der Waals surface area (Å²) < 4.78 is 0. The highest BCUT2D eigenvalue weighted by atomic mass is 127. The Bertz CT molecular complexity index is 973. The minimum absolute atomic E-state index is 0. The van der Waals surface area contributed by atoms with Crippen molar-refractivity contribution in [2.75, 3.05) is 31.6 Å². The van der Waals surface area contributed by atoms with Crippen molar-refractivity contribution in [3.63, 3.8) is 0 Å². The van der Waals surface area contributed by atoms with Crippen LogP contribution in [0.15, 0.2) is 47.7 Å². The summed E-state index contributed by atoms with van der Waals surface area (Å²) in [5, 5.41) is 8.08. The van der Waals surface area contributed by atoms with Crippen LogP contribution in [-0.4, -0.2) is 42.6 Å². The van der Waals surface area contributed by atoms with E-state index in [0.29, 0.717) is 6.54 Å². The van der Waals surface area contributed by atoms with E-state index in [2.05, 4.69) is 73.9 Å². The molecule has 0 bridgehead atoms. The molecule has 0 saturated carbocycles. The van der Waals surface area contributed by atoms with Gasteiger partial charge in [0.05, 0.1) is 0 Å². The third kappa shape index (κ3) is 5.44. The summed E-state index contributed by atoms with van der Waals surface area (Å²) in [4.78, 5) is 14.7. The minimum Gasteiger partial charge on any atom is -0.361 e. The summed E-state index contributed by atoms with van der Waals surface area (Å²) in [6, 6.07) is 10.8. The molecule has 30 heavy (non-hydrogen) atoms. The number of rotatable bonds is 6. The van der Waals surface area contributed by atoms with Crippen LogP contribution in [-0.2, 0) is 13.0 Å². The Labute approximate surface area is 195 Å². The van der Waals surface area contributed by atoms with Gasteiger partial charge in [-0.15, -0.1) is 24.0 Å². The molecule has 1 aliphatic rings. The smallest absolute Gasteiger partial charge is 0.191 e. The first-order chi connectivity index (χ1) is 14.2. The van der Waals surface area contributed by atoms with Crippen molar-refractivity contribution in [1.82, 2.24) is 20.6 Å². The molecule has 2 aromatic heterocycles. The van der Waals surface area contributed by atoms with E-state index in [9.17, 15) is 0 Å². The predicted molar refractivity (Wildman–Crippen MR) is 136 cm³/mol. The molecule has 3 aromatic rings. The third-order valence-corrected chi connectivity index (χ3v) is 5.53. The van der Waals surface area contributed by atoms with Gasteiger partial charge in [0.1, 0.15) is 5.82 Å². The maximum atomic E-state index is 4.62. The summed E-state index contributed by atoms with van der Waals surface area (Å²) in [6.45, 7) is 5.90. The van der Waals surface area contributed by atoms with Gasteiger partial charge in [0.2, 0.25) is 0 Å². The average molecular weight is 518 g/mol. The second kappa shape index (κ2) is 10.7. The number of halogens is 1. The maximum absolute atomic E-state index is 4.62. The number of anilines is 1. The minimum atomic E-state index is 0. The van der Waals surface area contributed by atoms with E-state index in [-0.39, 0.29) is 24.0 Å². The van der Waals surface area contributed by atoms with Crippen LogP contribution >= 0.6 is 24.0 Å². The standard InChI is InChI=1S/C23H30N6.HI/c1-17-5-7-20-19(16-26-21(20)13-17)9-10-25-23(24-2)28-15-18-6-8-22(27-14-18)29-11-3-4-12-29;/h5-8,13-14,16,26H,3-4,9-12,15H2,1-2H3,(H2,24,25,28);1H. The quantitative estimate of drug-likeness (QED) is 0.262. The van der Waals surface area contributed by atoms with Crippen LogP contribution in [0.4, 0.5) is 5.82 Å². The summed E-state index contributed by atoms with van der Waals surface area (Å²) in [5.41, 5.74) is 4.96. The van der Waals surface area contributed by atoms with Gasteiger partial charge >= 0.3 is 0 Å². The highest BCUT2D eigenvalue weighted by molar-refractivity contribution is 14.0. The van der Waals surface area contributed by atoms with Gasteiger partial charge in [-0.25, -0.2) is 4.98 Å². The Morgan fingerprint density at radius 3 is 2.73 bits per heavy atom. The molecule has 4 rings (SSSR count). The zero-order chi connectivity index (χ0) is 20.1. The van der Waals surface area contributed by atoms with Gasteiger partial charge in [-0.1, -0.05) is 18.2 Å². The lowest BCUT2D eigenvalue weighted by molar-refractivity contribution is 0.794. The van der Waals surface area contributed by atoms with E-state index in [1.165, 1.54) is 34.9 Å². The Balaban J connectivity index is 0.00000256. The van der Waals surface area contributed by atoms with Crippen LogP contribution in [0.25, 0.3) is 10.9 Å². The highest BCUT2D eigenvalue weighted by Crippen LogP contribution is 2.20. The lowest BCUT2D eigenvalue weighted by atomic mass is 10.1. The summed E-state index contributed by atoms with van der Waals surface area (Å²) in [5.74, 6) is 1.90. The molecule has 1 aromatic carbocycles. The van der Waals surface area contributed by atoms with E-state index in [4.69, 9.17) is 0 Å². The van der Waals surface area contributed by atoms with Crippen LogP contribution < -0.4 is 15.5 Å². The van der Waals surface area contributed by atoms with E-state index in [0.717, 1.165) is 43.4 Å². The molecule has 6 nitrogen and oxygen atoms in total. The van der Waals surface area contributed by atoms with Crippen molar-refractivity contribution in [3.8, 4) is 0 Å². The predicted octanol–water partition coefficient (Wildman–Crippen LogP) is 4.00. The highest BCUT2D eigenvalue weighted by Gasteiger charge is 2.13.